The quantitative estimate of drug-likeness (QED) is 0.602. The van der Waals surface area contributed by atoms with Gasteiger partial charge in [0.1, 0.15) is 11.5 Å². The van der Waals surface area contributed by atoms with Crippen molar-refractivity contribution in [2.24, 2.45) is 5.92 Å². The third kappa shape index (κ3) is 4.91. The molecule has 2 amide bonds. The number of rotatable bonds is 6. The molecular weight excluding hydrogens is 389 g/mol. The molecule has 0 spiro atoms. The van der Waals surface area contributed by atoms with Gasteiger partial charge in [0, 0.05) is 18.2 Å². The number of carbonyl (C=O) groups excluding carboxylic acids is 2. The number of ether oxygens (including phenoxy) is 2. The summed E-state index contributed by atoms with van der Waals surface area (Å²) in [4.78, 5) is 28.1. The molecule has 8 heteroatoms. The summed E-state index contributed by atoms with van der Waals surface area (Å²) in [5, 5.41) is 5.07. The van der Waals surface area contributed by atoms with Crippen LogP contribution in [-0.2, 0) is 4.79 Å². The standard InChI is InChI=1S/C22H18FN3O4/c23-17-13-16(10-11-18(17)25-22(28)30-15-5-2-1-3-6-15)29-19-7-4-12-24-20(19)26-21(27)14-8-9-14/h1-7,10-14H,8-9H2,(H,25,28)(H,24,26,27). The van der Waals surface area contributed by atoms with E-state index in [1.807, 2.05) is 0 Å². The molecule has 1 aromatic heterocycles. The summed E-state index contributed by atoms with van der Waals surface area (Å²) >= 11 is 0. The molecule has 0 bridgehead atoms. The summed E-state index contributed by atoms with van der Waals surface area (Å²) in [6, 6.07) is 15.7. The fourth-order valence-corrected chi connectivity index (χ4v) is 2.65. The van der Waals surface area contributed by atoms with Crippen molar-refractivity contribution in [2.75, 3.05) is 10.6 Å². The minimum atomic E-state index is -0.814. The van der Waals surface area contributed by atoms with Gasteiger partial charge in [-0.2, -0.15) is 0 Å². The molecule has 152 valence electrons. The van der Waals surface area contributed by atoms with Gasteiger partial charge in [-0.3, -0.25) is 10.1 Å². The lowest BCUT2D eigenvalue weighted by Crippen LogP contribution is -2.17. The molecule has 1 aliphatic rings. The van der Waals surface area contributed by atoms with Gasteiger partial charge in [-0.1, -0.05) is 18.2 Å². The zero-order valence-corrected chi connectivity index (χ0v) is 15.8. The summed E-state index contributed by atoms with van der Waals surface area (Å²) in [5.74, 6) is 0.278. The predicted molar refractivity (Wildman–Crippen MR) is 108 cm³/mol. The van der Waals surface area contributed by atoms with Gasteiger partial charge < -0.3 is 14.8 Å². The van der Waals surface area contributed by atoms with Gasteiger partial charge in [-0.25, -0.2) is 14.2 Å². The molecule has 0 unspecified atom stereocenters. The molecule has 3 aromatic rings. The van der Waals surface area contributed by atoms with Crippen LogP contribution in [0.4, 0.5) is 20.7 Å². The van der Waals surface area contributed by atoms with E-state index in [1.54, 1.807) is 42.5 Å². The van der Waals surface area contributed by atoms with E-state index in [0.29, 0.717) is 5.75 Å². The molecule has 0 radical (unpaired) electrons. The number of halogens is 1. The van der Waals surface area contributed by atoms with E-state index in [4.69, 9.17) is 9.47 Å². The van der Waals surface area contributed by atoms with Gasteiger partial charge in [0.15, 0.2) is 17.4 Å². The van der Waals surface area contributed by atoms with Crippen LogP contribution in [0.2, 0.25) is 0 Å². The second-order valence-corrected chi connectivity index (χ2v) is 6.68. The first-order chi connectivity index (χ1) is 14.6. The third-order valence-corrected chi connectivity index (χ3v) is 4.32. The average Bonchev–Trinajstić information content (AvgIpc) is 3.58. The first kappa shape index (κ1) is 19.4. The minimum absolute atomic E-state index is 0.0123. The molecule has 4 rings (SSSR count). The number of para-hydroxylation sites is 1. The van der Waals surface area contributed by atoms with Crippen molar-refractivity contribution in [3.63, 3.8) is 0 Å². The molecule has 1 saturated carbocycles. The van der Waals surface area contributed by atoms with E-state index in [2.05, 4.69) is 15.6 Å². The summed E-state index contributed by atoms with van der Waals surface area (Å²) in [7, 11) is 0. The number of nitrogens with one attached hydrogen (secondary N) is 2. The summed E-state index contributed by atoms with van der Waals surface area (Å²) in [6.07, 6.45) is 2.44. The summed E-state index contributed by atoms with van der Waals surface area (Å²) in [5.41, 5.74) is -0.0586. The Balaban J connectivity index is 1.42. The van der Waals surface area contributed by atoms with Gasteiger partial charge >= 0.3 is 6.09 Å². The van der Waals surface area contributed by atoms with E-state index >= 15 is 0 Å². The largest absolute Gasteiger partial charge is 0.453 e. The summed E-state index contributed by atoms with van der Waals surface area (Å²) < 4.78 is 25.2. The minimum Gasteiger partial charge on any atom is -0.453 e. The Kier molecular flexibility index (Phi) is 5.56. The lowest BCUT2D eigenvalue weighted by atomic mass is 10.3. The molecule has 0 saturated heterocycles. The normalized spacial score (nSPS) is 12.7. The Morgan fingerprint density at radius 3 is 2.50 bits per heavy atom. The topological polar surface area (TPSA) is 89.5 Å². The molecule has 0 aliphatic heterocycles. The van der Waals surface area contributed by atoms with Crippen molar-refractivity contribution in [2.45, 2.75) is 12.8 Å². The van der Waals surface area contributed by atoms with Gasteiger partial charge in [-0.05, 0) is 49.2 Å². The smallest absolute Gasteiger partial charge is 0.417 e. The van der Waals surface area contributed by atoms with E-state index in [-0.39, 0.29) is 34.8 Å². The first-order valence-electron chi connectivity index (χ1n) is 9.35. The number of anilines is 2. The maximum atomic E-state index is 14.4. The number of carbonyl (C=O) groups is 2. The highest BCUT2D eigenvalue weighted by molar-refractivity contribution is 5.94. The van der Waals surface area contributed by atoms with Crippen LogP contribution in [0.25, 0.3) is 0 Å². The Labute approximate surface area is 171 Å². The van der Waals surface area contributed by atoms with Crippen LogP contribution in [-0.4, -0.2) is 17.0 Å². The number of amides is 2. The molecule has 1 heterocycles. The number of aromatic nitrogens is 1. The molecule has 2 aromatic carbocycles. The van der Waals surface area contributed by atoms with Crippen LogP contribution in [0.3, 0.4) is 0 Å². The Hall–Kier alpha value is -3.94. The van der Waals surface area contributed by atoms with Gasteiger partial charge in [0.05, 0.1) is 5.69 Å². The van der Waals surface area contributed by atoms with Crippen LogP contribution in [0.1, 0.15) is 12.8 Å². The van der Waals surface area contributed by atoms with E-state index < -0.39 is 11.9 Å². The van der Waals surface area contributed by atoms with Crippen LogP contribution < -0.4 is 20.1 Å². The number of benzene rings is 2. The maximum Gasteiger partial charge on any atom is 0.417 e. The second-order valence-electron chi connectivity index (χ2n) is 6.68. The van der Waals surface area contributed by atoms with Crippen LogP contribution >= 0.6 is 0 Å². The first-order valence-corrected chi connectivity index (χ1v) is 9.35. The van der Waals surface area contributed by atoms with Crippen LogP contribution in [0.15, 0.2) is 66.9 Å². The van der Waals surface area contributed by atoms with Crippen molar-refractivity contribution in [3.8, 4) is 17.2 Å². The molecule has 7 nitrogen and oxygen atoms in total. The molecule has 30 heavy (non-hydrogen) atoms. The van der Waals surface area contributed by atoms with Gasteiger partial charge in [0.25, 0.3) is 0 Å². The third-order valence-electron chi connectivity index (χ3n) is 4.32. The van der Waals surface area contributed by atoms with Crippen LogP contribution in [0.5, 0.6) is 17.2 Å². The number of nitrogens with zero attached hydrogens (tertiary/aromatic N) is 1. The number of hydrogen-bond acceptors (Lipinski definition) is 5. The molecule has 2 N–H and O–H groups in total. The Morgan fingerprint density at radius 2 is 1.77 bits per heavy atom. The Morgan fingerprint density at radius 1 is 0.967 bits per heavy atom. The van der Waals surface area contributed by atoms with Gasteiger partial charge in [0.2, 0.25) is 5.91 Å². The zero-order chi connectivity index (χ0) is 20.9. The molecule has 0 atom stereocenters. The number of pyridine rings is 1. The average molecular weight is 407 g/mol. The monoisotopic (exact) mass is 407 g/mol. The highest BCUT2D eigenvalue weighted by Gasteiger charge is 2.30. The lowest BCUT2D eigenvalue weighted by molar-refractivity contribution is -0.117. The zero-order valence-electron chi connectivity index (χ0n) is 15.8. The van der Waals surface area contributed by atoms with E-state index in [1.165, 1.54) is 18.3 Å². The van der Waals surface area contributed by atoms with E-state index in [9.17, 15) is 14.0 Å². The summed E-state index contributed by atoms with van der Waals surface area (Å²) in [6.45, 7) is 0. The van der Waals surface area contributed by atoms with Crippen molar-refractivity contribution in [1.29, 1.82) is 0 Å². The fraction of sp³-hybridized carbons (Fsp3) is 0.136. The van der Waals surface area contributed by atoms with Crippen molar-refractivity contribution < 1.29 is 23.5 Å². The Bertz CT molecular complexity index is 1070. The van der Waals surface area contributed by atoms with Crippen LogP contribution in [0, 0.1) is 11.7 Å². The second kappa shape index (κ2) is 8.60. The lowest BCUT2D eigenvalue weighted by Gasteiger charge is -2.12. The maximum absolute atomic E-state index is 14.4. The van der Waals surface area contributed by atoms with Crippen molar-refractivity contribution in [1.82, 2.24) is 4.98 Å². The SMILES string of the molecule is O=C(Nc1ccc(Oc2cccnc2NC(=O)C2CC2)cc1F)Oc1ccccc1. The molecular formula is C22H18FN3O4. The highest BCUT2D eigenvalue weighted by Crippen LogP contribution is 2.33. The predicted octanol–water partition coefficient (Wildman–Crippen LogP) is 4.97. The van der Waals surface area contributed by atoms with Crippen molar-refractivity contribution in [3.05, 3.63) is 72.7 Å². The highest BCUT2D eigenvalue weighted by atomic mass is 19.1. The fourth-order valence-electron chi connectivity index (χ4n) is 2.65. The molecule has 1 fully saturated rings. The van der Waals surface area contributed by atoms with E-state index in [0.717, 1.165) is 18.9 Å². The molecule has 1 aliphatic carbocycles. The number of hydrogen-bond donors (Lipinski definition) is 2. The van der Waals surface area contributed by atoms with Crippen molar-refractivity contribution >= 4 is 23.5 Å². The van der Waals surface area contributed by atoms with Gasteiger partial charge in [-0.15, -0.1) is 0 Å².